The standard InChI is InChI=1S/C21H24FNO3.C6H5F/c1-15(23-13-12-20(3-2-14-24)26-21(23)25)16-4-6-17(7-5-16)18-8-10-19(22)11-9-18;7-6-4-2-1-3-5-6/h4-11,15,20,24H,2-3,12-14H2,1H3;1-5H. The Morgan fingerprint density at radius 3 is 2.03 bits per heavy atom. The maximum atomic E-state index is 13.0. The Hall–Kier alpha value is -3.25. The van der Waals surface area contributed by atoms with Gasteiger partial charge in [0.1, 0.15) is 17.7 Å². The van der Waals surface area contributed by atoms with Crippen molar-refractivity contribution >= 4 is 6.09 Å². The van der Waals surface area contributed by atoms with E-state index in [-0.39, 0.29) is 36.5 Å². The molecule has 33 heavy (non-hydrogen) atoms. The van der Waals surface area contributed by atoms with Gasteiger partial charge < -0.3 is 14.7 Å². The van der Waals surface area contributed by atoms with E-state index >= 15 is 0 Å². The van der Waals surface area contributed by atoms with Crippen molar-refractivity contribution in [3.8, 4) is 11.1 Å². The Labute approximate surface area is 193 Å². The predicted molar refractivity (Wildman–Crippen MR) is 125 cm³/mol. The van der Waals surface area contributed by atoms with Crippen molar-refractivity contribution in [3.63, 3.8) is 0 Å². The van der Waals surface area contributed by atoms with Crippen LogP contribution in [0.1, 0.15) is 37.8 Å². The lowest BCUT2D eigenvalue weighted by Gasteiger charge is -2.35. The number of amides is 1. The van der Waals surface area contributed by atoms with Gasteiger partial charge >= 0.3 is 6.09 Å². The third kappa shape index (κ3) is 7.12. The maximum absolute atomic E-state index is 13.0. The van der Waals surface area contributed by atoms with Crippen LogP contribution in [0.4, 0.5) is 13.6 Å². The first-order valence-electron chi connectivity index (χ1n) is 11.1. The van der Waals surface area contributed by atoms with Gasteiger partial charge in [-0.25, -0.2) is 13.6 Å². The molecule has 4 nitrogen and oxygen atoms in total. The Bertz CT molecular complexity index is 994. The molecule has 1 N–H and O–H groups in total. The lowest BCUT2D eigenvalue weighted by Crippen LogP contribution is -2.43. The molecule has 2 unspecified atom stereocenters. The predicted octanol–water partition coefficient (Wildman–Crippen LogP) is 6.36. The zero-order valence-corrected chi connectivity index (χ0v) is 18.7. The summed E-state index contributed by atoms with van der Waals surface area (Å²) in [5.41, 5.74) is 2.99. The van der Waals surface area contributed by atoms with Crippen LogP contribution in [0.2, 0.25) is 0 Å². The summed E-state index contributed by atoms with van der Waals surface area (Å²) >= 11 is 0. The molecule has 1 aliphatic heterocycles. The van der Waals surface area contributed by atoms with Crippen molar-refractivity contribution in [2.45, 2.75) is 38.3 Å². The normalized spacial score (nSPS) is 16.4. The van der Waals surface area contributed by atoms with Crippen LogP contribution in [0.15, 0.2) is 78.9 Å². The number of hydrogen-bond donors (Lipinski definition) is 1. The molecule has 0 radical (unpaired) electrons. The second-order valence-corrected chi connectivity index (χ2v) is 7.95. The molecule has 174 valence electrons. The summed E-state index contributed by atoms with van der Waals surface area (Å²) in [5, 5.41) is 8.90. The highest BCUT2D eigenvalue weighted by molar-refractivity contribution is 5.69. The van der Waals surface area contributed by atoms with Gasteiger partial charge in [0.2, 0.25) is 0 Å². The van der Waals surface area contributed by atoms with Gasteiger partial charge in [-0.3, -0.25) is 0 Å². The van der Waals surface area contributed by atoms with E-state index in [1.807, 2.05) is 31.2 Å². The molecule has 0 bridgehead atoms. The zero-order valence-electron chi connectivity index (χ0n) is 18.7. The molecule has 0 aliphatic carbocycles. The largest absolute Gasteiger partial charge is 0.446 e. The average Bonchev–Trinajstić information content (AvgIpc) is 2.84. The highest BCUT2D eigenvalue weighted by atomic mass is 19.1. The average molecular weight is 454 g/mol. The number of aliphatic hydroxyl groups is 1. The van der Waals surface area contributed by atoms with Crippen LogP contribution in [0, 0.1) is 11.6 Å². The van der Waals surface area contributed by atoms with Crippen molar-refractivity contribution in [2.75, 3.05) is 13.2 Å². The molecule has 1 heterocycles. The lowest BCUT2D eigenvalue weighted by molar-refractivity contribution is 0.00760. The minimum absolute atomic E-state index is 0.0800. The van der Waals surface area contributed by atoms with E-state index in [0.717, 1.165) is 23.1 Å². The first-order valence-corrected chi connectivity index (χ1v) is 11.1. The number of halogens is 2. The summed E-state index contributed by atoms with van der Waals surface area (Å²) in [7, 11) is 0. The van der Waals surface area contributed by atoms with Gasteiger partial charge in [-0.2, -0.15) is 0 Å². The minimum atomic E-state index is -0.297. The van der Waals surface area contributed by atoms with Crippen LogP contribution in [0.3, 0.4) is 0 Å². The topological polar surface area (TPSA) is 49.8 Å². The van der Waals surface area contributed by atoms with E-state index in [2.05, 4.69) is 0 Å². The van der Waals surface area contributed by atoms with Crippen LogP contribution in [0.25, 0.3) is 11.1 Å². The molecule has 0 spiro atoms. The quantitative estimate of drug-likeness (QED) is 0.472. The molecule has 2 atom stereocenters. The number of cyclic esters (lactones) is 1. The molecule has 1 aliphatic rings. The molecule has 1 fully saturated rings. The fourth-order valence-electron chi connectivity index (χ4n) is 3.71. The molecule has 0 saturated carbocycles. The number of rotatable bonds is 6. The second-order valence-electron chi connectivity index (χ2n) is 7.95. The van der Waals surface area contributed by atoms with E-state index in [9.17, 15) is 13.6 Å². The molecule has 3 aromatic rings. The highest BCUT2D eigenvalue weighted by Crippen LogP contribution is 2.28. The molecular formula is C27H29F2NO3. The van der Waals surface area contributed by atoms with Crippen molar-refractivity contribution in [1.82, 2.24) is 4.90 Å². The Balaban J connectivity index is 0.000000374. The number of benzene rings is 3. The van der Waals surface area contributed by atoms with Crippen LogP contribution in [-0.4, -0.2) is 35.4 Å². The first kappa shape index (κ1) is 24.4. The van der Waals surface area contributed by atoms with Crippen LogP contribution < -0.4 is 0 Å². The summed E-state index contributed by atoms with van der Waals surface area (Å²) < 4.78 is 30.4. The van der Waals surface area contributed by atoms with E-state index < -0.39 is 0 Å². The smallest absolute Gasteiger partial charge is 0.410 e. The second kappa shape index (κ2) is 12.1. The Morgan fingerprint density at radius 2 is 1.52 bits per heavy atom. The van der Waals surface area contributed by atoms with E-state index in [4.69, 9.17) is 9.84 Å². The van der Waals surface area contributed by atoms with E-state index in [1.165, 1.54) is 24.3 Å². The Morgan fingerprint density at radius 1 is 0.939 bits per heavy atom. The van der Waals surface area contributed by atoms with E-state index in [0.29, 0.717) is 19.4 Å². The zero-order chi connectivity index (χ0) is 23.6. The van der Waals surface area contributed by atoms with Crippen molar-refractivity contribution in [1.29, 1.82) is 0 Å². The van der Waals surface area contributed by atoms with Gasteiger partial charge in [0.15, 0.2) is 0 Å². The number of hydrogen-bond acceptors (Lipinski definition) is 3. The van der Waals surface area contributed by atoms with E-state index in [1.54, 1.807) is 35.2 Å². The van der Waals surface area contributed by atoms with Gasteiger partial charge in [-0.1, -0.05) is 54.6 Å². The fourth-order valence-corrected chi connectivity index (χ4v) is 3.71. The highest BCUT2D eigenvalue weighted by Gasteiger charge is 2.30. The summed E-state index contributed by atoms with van der Waals surface area (Å²) in [6, 6.07) is 22.2. The molecule has 1 saturated heterocycles. The van der Waals surface area contributed by atoms with Crippen LogP contribution in [-0.2, 0) is 4.74 Å². The van der Waals surface area contributed by atoms with Crippen molar-refractivity contribution < 1.29 is 23.4 Å². The monoisotopic (exact) mass is 453 g/mol. The first-order chi connectivity index (χ1) is 16.0. The van der Waals surface area contributed by atoms with Gasteiger partial charge in [0.25, 0.3) is 0 Å². The number of carbonyl (C=O) groups excluding carboxylic acids is 1. The minimum Gasteiger partial charge on any atom is -0.446 e. The summed E-state index contributed by atoms with van der Waals surface area (Å²) in [6.45, 7) is 2.76. The van der Waals surface area contributed by atoms with Crippen molar-refractivity contribution in [2.24, 2.45) is 0 Å². The molecular weight excluding hydrogens is 424 g/mol. The third-order valence-corrected chi connectivity index (χ3v) is 5.65. The lowest BCUT2D eigenvalue weighted by atomic mass is 10.00. The summed E-state index contributed by atoms with van der Waals surface area (Å²) in [6.07, 6.45) is 1.74. The number of nitrogens with zero attached hydrogens (tertiary/aromatic N) is 1. The summed E-state index contributed by atoms with van der Waals surface area (Å²) in [4.78, 5) is 14.0. The van der Waals surface area contributed by atoms with Gasteiger partial charge in [0, 0.05) is 19.6 Å². The van der Waals surface area contributed by atoms with Crippen LogP contribution >= 0.6 is 0 Å². The molecule has 4 rings (SSSR count). The summed E-state index contributed by atoms with van der Waals surface area (Å²) in [5.74, 6) is -0.428. The maximum Gasteiger partial charge on any atom is 0.410 e. The third-order valence-electron chi connectivity index (χ3n) is 5.65. The van der Waals surface area contributed by atoms with Crippen LogP contribution in [0.5, 0.6) is 0 Å². The number of ether oxygens (including phenoxy) is 1. The molecule has 6 heteroatoms. The SMILES string of the molecule is CC(c1ccc(-c2ccc(F)cc2)cc1)N1CCC(CCCO)OC1=O.Fc1ccccc1. The Kier molecular flexibility index (Phi) is 8.95. The van der Waals surface area contributed by atoms with Gasteiger partial charge in [-0.05, 0) is 60.7 Å². The molecule has 1 amide bonds. The molecule has 0 aromatic heterocycles. The van der Waals surface area contributed by atoms with Gasteiger partial charge in [-0.15, -0.1) is 0 Å². The fraction of sp³-hybridized carbons (Fsp3) is 0.296. The number of aliphatic hydroxyl groups excluding tert-OH is 1. The van der Waals surface area contributed by atoms with Crippen molar-refractivity contribution in [3.05, 3.63) is 96.1 Å². The van der Waals surface area contributed by atoms with Gasteiger partial charge in [0.05, 0.1) is 6.04 Å². The molecule has 3 aromatic carbocycles. The number of carbonyl (C=O) groups is 1.